The molecule has 0 radical (unpaired) electrons. The largest absolute Gasteiger partial charge is 0.480 e. The number of nitrogens with one attached hydrogen (secondary N) is 1. The quantitative estimate of drug-likeness (QED) is 0.690. The summed E-state index contributed by atoms with van der Waals surface area (Å²) in [5.41, 5.74) is 5.11. The number of hydrogen-bond donors (Lipinski definition) is 3. The summed E-state index contributed by atoms with van der Waals surface area (Å²) < 4.78 is 26.3. The minimum absolute atomic E-state index is 0.0318. The van der Waals surface area contributed by atoms with E-state index < -0.39 is 33.9 Å². The molecule has 8 heteroatoms. The molecule has 0 aliphatic rings. The zero-order valence-electron chi connectivity index (χ0n) is 11.0. The van der Waals surface area contributed by atoms with Gasteiger partial charge < -0.3 is 10.8 Å². The molecule has 0 unspecified atom stereocenters. The molecule has 7 nitrogen and oxygen atoms in total. The van der Waals surface area contributed by atoms with E-state index in [1.54, 1.807) is 13.8 Å². The van der Waals surface area contributed by atoms with Crippen LogP contribution in [0.5, 0.6) is 0 Å². The highest BCUT2D eigenvalue weighted by atomic mass is 32.2. The van der Waals surface area contributed by atoms with Crippen LogP contribution in [-0.2, 0) is 14.8 Å². The first kappa shape index (κ1) is 16.1. The number of carboxylic acid groups (broad SMARTS) is 1. The van der Waals surface area contributed by atoms with E-state index in [4.69, 9.17) is 10.8 Å². The van der Waals surface area contributed by atoms with Gasteiger partial charge in [0.25, 0.3) is 0 Å². The average Bonchev–Trinajstić information content (AvgIpc) is 2.35. The number of hydrogen-bond acceptors (Lipinski definition) is 4. The molecule has 0 spiro atoms. The fourth-order valence-corrected chi connectivity index (χ4v) is 2.91. The third kappa shape index (κ3) is 3.78. The molecule has 20 heavy (non-hydrogen) atoms. The molecular weight excluding hydrogens is 284 g/mol. The lowest BCUT2D eigenvalue weighted by Gasteiger charge is -2.18. The van der Waals surface area contributed by atoms with Crippen LogP contribution in [-0.4, -0.2) is 31.4 Å². The molecule has 4 N–H and O–H groups in total. The monoisotopic (exact) mass is 300 g/mol. The standard InChI is InChI=1S/C12H16N2O5S/c1-7(2)10(12(16)17)14-20(18,19)9-5-3-4-8(6-9)11(13)15/h3-7,10,14H,1-2H3,(H2,13,15)(H,16,17)/t10-/m1/s1. The summed E-state index contributed by atoms with van der Waals surface area (Å²) in [6, 6.07) is 3.84. The van der Waals surface area contributed by atoms with Crippen LogP contribution in [0.4, 0.5) is 0 Å². The lowest BCUT2D eigenvalue weighted by molar-refractivity contribution is -0.140. The van der Waals surface area contributed by atoms with Crippen molar-refractivity contribution in [1.29, 1.82) is 0 Å². The Labute approximate surface area is 116 Å². The summed E-state index contributed by atoms with van der Waals surface area (Å²) in [7, 11) is -4.04. The maximum atomic E-state index is 12.1. The Bertz CT molecular complexity index is 624. The molecule has 1 rings (SSSR count). The molecule has 1 atom stereocenters. The molecule has 0 fully saturated rings. The van der Waals surface area contributed by atoms with Gasteiger partial charge in [-0.1, -0.05) is 19.9 Å². The van der Waals surface area contributed by atoms with Crippen molar-refractivity contribution in [1.82, 2.24) is 4.72 Å². The molecule has 0 aromatic heterocycles. The molecule has 110 valence electrons. The Morgan fingerprint density at radius 1 is 1.30 bits per heavy atom. The zero-order chi connectivity index (χ0) is 15.5. The van der Waals surface area contributed by atoms with E-state index in [1.807, 2.05) is 0 Å². The minimum Gasteiger partial charge on any atom is -0.480 e. The van der Waals surface area contributed by atoms with E-state index in [0.29, 0.717) is 0 Å². The number of carbonyl (C=O) groups excluding carboxylic acids is 1. The van der Waals surface area contributed by atoms with Crippen molar-refractivity contribution in [2.45, 2.75) is 24.8 Å². The first-order valence-corrected chi connectivity index (χ1v) is 7.28. The fraction of sp³-hybridized carbons (Fsp3) is 0.333. The van der Waals surface area contributed by atoms with Crippen molar-refractivity contribution in [2.75, 3.05) is 0 Å². The molecule has 0 heterocycles. The maximum Gasteiger partial charge on any atom is 0.322 e. The number of benzene rings is 1. The molecule has 1 aromatic rings. The van der Waals surface area contributed by atoms with Gasteiger partial charge in [-0.25, -0.2) is 8.42 Å². The first-order valence-electron chi connectivity index (χ1n) is 5.80. The van der Waals surface area contributed by atoms with Crippen molar-refractivity contribution in [3.63, 3.8) is 0 Å². The lowest BCUT2D eigenvalue weighted by Crippen LogP contribution is -2.44. The summed E-state index contributed by atoms with van der Waals surface area (Å²) >= 11 is 0. The Hall–Kier alpha value is -1.93. The van der Waals surface area contributed by atoms with E-state index in [0.717, 1.165) is 6.07 Å². The Morgan fingerprint density at radius 3 is 2.35 bits per heavy atom. The normalized spacial score (nSPS) is 13.2. The molecular formula is C12H16N2O5S. The van der Waals surface area contributed by atoms with E-state index in [-0.39, 0.29) is 10.5 Å². The number of aliphatic carboxylic acids is 1. The van der Waals surface area contributed by atoms with Crippen molar-refractivity contribution < 1.29 is 23.1 Å². The molecule has 0 aliphatic heterocycles. The van der Waals surface area contributed by atoms with Gasteiger partial charge in [0.05, 0.1) is 4.90 Å². The number of rotatable bonds is 6. The predicted molar refractivity (Wildman–Crippen MR) is 71.5 cm³/mol. The van der Waals surface area contributed by atoms with E-state index in [1.165, 1.54) is 18.2 Å². The highest BCUT2D eigenvalue weighted by Gasteiger charge is 2.28. The van der Waals surface area contributed by atoms with Gasteiger partial charge in [-0.05, 0) is 24.1 Å². The van der Waals surface area contributed by atoms with Crippen LogP contribution in [0.1, 0.15) is 24.2 Å². The molecule has 0 saturated carbocycles. The molecule has 0 bridgehead atoms. The predicted octanol–water partition coefficient (Wildman–Crippen LogP) is 0.173. The topological polar surface area (TPSA) is 127 Å². The number of carboxylic acids is 1. The van der Waals surface area contributed by atoms with Crippen molar-refractivity contribution in [2.24, 2.45) is 11.7 Å². The molecule has 1 aromatic carbocycles. The maximum absolute atomic E-state index is 12.1. The number of sulfonamides is 1. The van der Waals surface area contributed by atoms with E-state index in [9.17, 15) is 18.0 Å². The van der Waals surface area contributed by atoms with Crippen molar-refractivity contribution in [3.05, 3.63) is 29.8 Å². The lowest BCUT2D eigenvalue weighted by atomic mass is 10.1. The third-order valence-corrected chi connectivity index (χ3v) is 4.08. The summed E-state index contributed by atoms with van der Waals surface area (Å²) in [6.07, 6.45) is 0. The van der Waals surface area contributed by atoms with Gasteiger partial charge >= 0.3 is 5.97 Å². The van der Waals surface area contributed by atoms with Crippen LogP contribution in [0.25, 0.3) is 0 Å². The van der Waals surface area contributed by atoms with Gasteiger partial charge in [-0.2, -0.15) is 4.72 Å². The highest BCUT2D eigenvalue weighted by Crippen LogP contribution is 2.13. The van der Waals surface area contributed by atoms with E-state index in [2.05, 4.69) is 4.72 Å². The molecule has 0 saturated heterocycles. The smallest absolute Gasteiger partial charge is 0.322 e. The van der Waals surface area contributed by atoms with Crippen LogP contribution in [0, 0.1) is 5.92 Å². The number of carbonyl (C=O) groups is 2. The highest BCUT2D eigenvalue weighted by molar-refractivity contribution is 7.89. The van der Waals surface area contributed by atoms with Gasteiger partial charge in [0.2, 0.25) is 15.9 Å². The zero-order valence-corrected chi connectivity index (χ0v) is 11.8. The molecule has 1 amide bonds. The second kappa shape index (κ2) is 6.02. The summed E-state index contributed by atoms with van der Waals surface area (Å²) in [5, 5.41) is 9.00. The Balaban J connectivity index is 3.14. The third-order valence-electron chi connectivity index (χ3n) is 2.64. The Kier molecular flexibility index (Phi) is 4.85. The van der Waals surface area contributed by atoms with Crippen LogP contribution in [0.15, 0.2) is 29.2 Å². The first-order chi connectivity index (χ1) is 9.15. The van der Waals surface area contributed by atoms with Crippen LogP contribution < -0.4 is 10.5 Å². The number of amides is 1. The Morgan fingerprint density at radius 2 is 1.90 bits per heavy atom. The van der Waals surface area contributed by atoms with Crippen LogP contribution in [0.2, 0.25) is 0 Å². The average molecular weight is 300 g/mol. The van der Waals surface area contributed by atoms with Gasteiger partial charge in [-0.15, -0.1) is 0 Å². The number of nitrogens with two attached hydrogens (primary N) is 1. The minimum atomic E-state index is -4.04. The van der Waals surface area contributed by atoms with Crippen LogP contribution in [0.3, 0.4) is 0 Å². The fourth-order valence-electron chi connectivity index (χ4n) is 1.52. The summed E-state index contributed by atoms with van der Waals surface area (Å²) in [4.78, 5) is 21.8. The molecule has 0 aliphatic carbocycles. The second-order valence-corrected chi connectivity index (χ2v) is 6.29. The van der Waals surface area contributed by atoms with Gasteiger partial charge in [0, 0.05) is 5.56 Å². The van der Waals surface area contributed by atoms with Gasteiger partial charge in [0.1, 0.15) is 6.04 Å². The number of primary amides is 1. The van der Waals surface area contributed by atoms with E-state index >= 15 is 0 Å². The van der Waals surface area contributed by atoms with Gasteiger partial charge in [0.15, 0.2) is 0 Å². The van der Waals surface area contributed by atoms with Crippen LogP contribution >= 0.6 is 0 Å². The SMILES string of the molecule is CC(C)[C@@H](NS(=O)(=O)c1cccc(C(N)=O)c1)C(=O)O. The summed E-state index contributed by atoms with van der Waals surface area (Å²) in [6.45, 7) is 3.17. The summed E-state index contributed by atoms with van der Waals surface area (Å²) in [5.74, 6) is -2.46. The van der Waals surface area contributed by atoms with Crippen molar-refractivity contribution in [3.8, 4) is 0 Å². The van der Waals surface area contributed by atoms with Gasteiger partial charge in [-0.3, -0.25) is 9.59 Å². The second-order valence-electron chi connectivity index (χ2n) is 4.57. The van der Waals surface area contributed by atoms with Crippen molar-refractivity contribution >= 4 is 21.9 Å².